The van der Waals surface area contributed by atoms with Gasteiger partial charge in [-0.15, -0.1) is 0 Å². The maximum atomic E-state index is 11.3. The van der Waals surface area contributed by atoms with Crippen molar-refractivity contribution in [3.8, 4) is 0 Å². The van der Waals surface area contributed by atoms with Gasteiger partial charge in [0.15, 0.2) is 0 Å². The minimum atomic E-state index is 0.0942. The summed E-state index contributed by atoms with van der Waals surface area (Å²) in [5.41, 5.74) is 2.39. The van der Waals surface area contributed by atoms with Gasteiger partial charge in [-0.25, -0.2) is 0 Å². The van der Waals surface area contributed by atoms with Crippen molar-refractivity contribution in [3.63, 3.8) is 0 Å². The first-order valence-corrected chi connectivity index (χ1v) is 5.10. The second-order valence-corrected chi connectivity index (χ2v) is 3.30. The Morgan fingerprint density at radius 1 is 1.14 bits per heavy atom. The van der Waals surface area contributed by atoms with E-state index in [2.05, 4.69) is 24.4 Å². The summed E-state index contributed by atoms with van der Waals surface area (Å²) >= 11 is 0. The molecule has 0 saturated carbocycles. The molecule has 0 radical (unpaired) electrons. The number of rotatable bonds is 4. The summed E-state index contributed by atoms with van der Waals surface area (Å²) in [6.07, 6.45) is 1.53. The highest BCUT2D eigenvalue weighted by Crippen LogP contribution is 2.05. The van der Waals surface area contributed by atoms with E-state index in [0.29, 0.717) is 13.0 Å². The second-order valence-electron chi connectivity index (χ2n) is 3.30. The molecule has 2 nitrogen and oxygen atoms in total. The number of carbonyl (C=O) groups excluding carboxylic acids is 1. The van der Waals surface area contributed by atoms with Gasteiger partial charge in [-0.3, -0.25) is 4.79 Å². The fourth-order valence-corrected chi connectivity index (χ4v) is 1.34. The zero-order valence-corrected chi connectivity index (χ0v) is 8.84. The second kappa shape index (κ2) is 5.43. The number of nitrogens with one attached hydrogen (secondary N) is 1. The van der Waals surface area contributed by atoms with Gasteiger partial charge in [-0.05, 0) is 24.5 Å². The number of hydrogen-bond acceptors (Lipinski definition) is 1. The maximum Gasteiger partial charge on any atom is 0.224 e. The average Bonchev–Trinajstić information content (AvgIpc) is 2.19. The van der Waals surface area contributed by atoms with Gasteiger partial charge in [0.1, 0.15) is 0 Å². The maximum absolute atomic E-state index is 11.3. The summed E-state index contributed by atoms with van der Waals surface area (Å²) in [5.74, 6) is 0.0942. The third kappa shape index (κ3) is 3.21. The van der Waals surface area contributed by atoms with Crippen LogP contribution in [0.15, 0.2) is 24.3 Å². The van der Waals surface area contributed by atoms with Crippen LogP contribution in [0.3, 0.4) is 0 Å². The number of aryl methyl sites for hydroxylation is 1. The topological polar surface area (TPSA) is 29.1 Å². The number of amides is 1. The Balaban J connectivity index is 2.55. The van der Waals surface area contributed by atoms with Crippen LogP contribution in [-0.2, 0) is 17.6 Å². The summed E-state index contributed by atoms with van der Waals surface area (Å²) in [6, 6.07) is 8.20. The van der Waals surface area contributed by atoms with Crippen LogP contribution in [0.4, 0.5) is 0 Å². The minimum absolute atomic E-state index is 0.0942. The summed E-state index contributed by atoms with van der Waals surface area (Å²) in [4.78, 5) is 11.3. The summed E-state index contributed by atoms with van der Waals surface area (Å²) in [6.45, 7) is 4.75. The Morgan fingerprint density at radius 2 is 1.71 bits per heavy atom. The van der Waals surface area contributed by atoms with Crippen LogP contribution >= 0.6 is 0 Å². The molecule has 0 aliphatic rings. The molecule has 1 amide bonds. The standard InChI is InChI=1S/C12H17NO/c1-3-10-5-7-11(8-6-10)9-12(14)13-4-2/h5-8H,3-4,9H2,1-2H3,(H,13,14). The van der Waals surface area contributed by atoms with Crippen molar-refractivity contribution < 1.29 is 4.79 Å². The van der Waals surface area contributed by atoms with Crippen LogP contribution in [0.1, 0.15) is 25.0 Å². The molecular formula is C12H17NO. The molecule has 0 aliphatic carbocycles. The Hall–Kier alpha value is -1.31. The normalized spacial score (nSPS) is 9.86. The number of benzene rings is 1. The molecule has 1 N–H and O–H groups in total. The molecular weight excluding hydrogens is 174 g/mol. The molecule has 0 unspecified atom stereocenters. The van der Waals surface area contributed by atoms with Crippen LogP contribution < -0.4 is 5.32 Å². The monoisotopic (exact) mass is 191 g/mol. The zero-order valence-electron chi connectivity index (χ0n) is 8.84. The van der Waals surface area contributed by atoms with E-state index >= 15 is 0 Å². The highest BCUT2D eigenvalue weighted by atomic mass is 16.1. The van der Waals surface area contributed by atoms with Gasteiger partial charge in [-0.2, -0.15) is 0 Å². The van der Waals surface area contributed by atoms with E-state index in [0.717, 1.165) is 12.0 Å². The molecule has 1 rings (SSSR count). The van der Waals surface area contributed by atoms with E-state index in [9.17, 15) is 4.79 Å². The molecule has 0 spiro atoms. The van der Waals surface area contributed by atoms with Crippen LogP contribution in [-0.4, -0.2) is 12.5 Å². The van der Waals surface area contributed by atoms with E-state index in [1.165, 1.54) is 5.56 Å². The molecule has 0 heterocycles. The van der Waals surface area contributed by atoms with Crippen LogP contribution in [0.5, 0.6) is 0 Å². The molecule has 0 saturated heterocycles. The van der Waals surface area contributed by atoms with Gasteiger partial charge < -0.3 is 5.32 Å². The molecule has 0 aliphatic heterocycles. The van der Waals surface area contributed by atoms with Gasteiger partial charge in [0.2, 0.25) is 5.91 Å². The van der Waals surface area contributed by atoms with Gasteiger partial charge in [0.25, 0.3) is 0 Å². The SMILES string of the molecule is CCNC(=O)Cc1ccc(CC)cc1. The van der Waals surface area contributed by atoms with Crippen molar-refractivity contribution in [1.29, 1.82) is 0 Å². The molecule has 14 heavy (non-hydrogen) atoms. The Kier molecular flexibility index (Phi) is 4.17. The highest BCUT2D eigenvalue weighted by molar-refractivity contribution is 5.78. The number of carbonyl (C=O) groups is 1. The Bertz CT molecular complexity index is 290. The fourth-order valence-electron chi connectivity index (χ4n) is 1.34. The molecule has 1 aromatic carbocycles. The Morgan fingerprint density at radius 3 is 2.21 bits per heavy atom. The quantitative estimate of drug-likeness (QED) is 0.774. The van der Waals surface area contributed by atoms with Crippen molar-refractivity contribution in [2.24, 2.45) is 0 Å². The molecule has 0 aromatic heterocycles. The van der Waals surface area contributed by atoms with E-state index < -0.39 is 0 Å². The van der Waals surface area contributed by atoms with Crippen LogP contribution in [0.2, 0.25) is 0 Å². The minimum Gasteiger partial charge on any atom is -0.356 e. The Labute approximate surface area is 85.3 Å². The lowest BCUT2D eigenvalue weighted by Gasteiger charge is -2.03. The predicted octanol–water partition coefficient (Wildman–Crippen LogP) is 1.93. The van der Waals surface area contributed by atoms with Gasteiger partial charge >= 0.3 is 0 Å². The molecule has 1 aromatic rings. The van der Waals surface area contributed by atoms with Crippen molar-refractivity contribution >= 4 is 5.91 Å². The summed E-state index contributed by atoms with van der Waals surface area (Å²) in [7, 11) is 0. The van der Waals surface area contributed by atoms with E-state index in [-0.39, 0.29) is 5.91 Å². The van der Waals surface area contributed by atoms with Crippen LogP contribution in [0, 0.1) is 0 Å². The molecule has 0 fully saturated rings. The first-order chi connectivity index (χ1) is 6.76. The molecule has 76 valence electrons. The lowest BCUT2D eigenvalue weighted by Crippen LogP contribution is -2.24. The third-order valence-corrected chi connectivity index (χ3v) is 2.17. The molecule has 2 heteroatoms. The van der Waals surface area contributed by atoms with E-state index in [4.69, 9.17) is 0 Å². The van der Waals surface area contributed by atoms with Gasteiger partial charge in [-0.1, -0.05) is 31.2 Å². The average molecular weight is 191 g/mol. The first-order valence-electron chi connectivity index (χ1n) is 5.10. The largest absolute Gasteiger partial charge is 0.356 e. The lowest BCUT2D eigenvalue weighted by molar-refractivity contribution is -0.120. The van der Waals surface area contributed by atoms with Gasteiger partial charge in [0, 0.05) is 6.54 Å². The smallest absolute Gasteiger partial charge is 0.224 e. The van der Waals surface area contributed by atoms with Crippen molar-refractivity contribution in [3.05, 3.63) is 35.4 Å². The van der Waals surface area contributed by atoms with E-state index in [1.807, 2.05) is 19.1 Å². The lowest BCUT2D eigenvalue weighted by atomic mass is 10.1. The highest BCUT2D eigenvalue weighted by Gasteiger charge is 2.00. The molecule has 0 atom stereocenters. The number of likely N-dealkylation sites (N-methyl/N-ethyl adjacent to an activating group) is 1. The summed E-state index contributed by atoms with van der Waals surface area (Å²) < 4.78 is 0. The van der Waals surface area contributed by atoms with Crippen molar-refractivity contribution in [1.82, 2.24) is 5.32 Å². The molecule has 0 bridgehead atoms. The summed E-state index contributed by atoms with van der Waals surface area (Å²) in [5, 5.41) is 2.78. The third-order valence-electron chi connectivity index (χ3n) is 2.17. The van der Waals surface area contributed by atoms with Crippen molar-refractivity contribution in [2.75, 3.05) is 6.54 Å². The van der Waals surface area contributed by atoms with Gasteiger partial charge in [0.05, 0.1) is 6.42 Å². The van der Waals surface area contributed by atoms with Crippen LogP contribution in [0.25, 0.3) is 0 Å². The van der Waals surface area contributed by atoms with E-state index in [1.54, 1.807) is 0 Å². The zero-order chi connectivity index (χ0) is 10.4. The first kappa shape index (κ1) is 10.8. The predicted molar refractivity (Wildman–Crippen MR) is 58.2 cm³/mol. The number of hydrogen-bond donors (Lipinski definition) is 1. The fraction of sp³-hybridized carbons (Fsp3) is 0.417. The van der Waals surface area contributed by atoms with Crippen molar-refractivity contribution in [2.45, 2.75) is 26.7 Å².